The van der Waals surface area contributed by atoms with Gasteiger partial charge in [0.2, 0.25) is 5.13 Å². The number of hydrogen-bond donors (Lipinski definition) is 1. The molecule has 29 heavy (non-hydrogen) atoms. The Labute approximate surface area is 173 Å². The molecular formula is C18H14N4O5S2. The van der Waals surface area contributed by atoms with E-state index in [1.165, 1.54) is 48.4 Å². The summed E-state index contributed by atoms with van der Waals surface area (Å²) >= 11 is 2.58. The predicted molar refractivity (Wildman–Crippen MR) is 108 cm³/mol. The lowest BCUT2D eigenvalue weighted by Crippen LogP contribution is -2.13. The minimum atomic E-state index is -0.622. The average Bonchev–Trinajstić information content (AvgIpc) is 3.19. The van der Waals surface area contributed by atoms with Crippen LogP contribution in [0.2, 0.25) is 0 Å². The molecule has 0 saturated carbocycles. The fraction of sp³-hybridized carbons (Fsp3) is 0.111. The van der Waals surface area contributed by atoms with Gasteiger partial charge in [0.05, 0.1) is 17.6 Å². The molecule has 3 rings (SSSR count). The Morgan fingerprint density at radius 2 is 1.90 bits per heavy atom. The smallest absolute Gasteiger partial charge is 0.337 e. The quantitative estimate of drug-likeness (QED) is 0.197. The minimum Gasteiger partial charge on any atom is -0.465 e. The van der Waals surface area contributed by atoms with Crippen molar-refractivity contribution in [2.75, 3.05) is 12.4 Å². The van der Waals surface area contributed by atoms with Gasteiger partial charge in [-0.25, -0.2) is 4.79 Å². The van der Waals surface area contributed by atoms with Crippen molar-refractivity contribution < 1.29 is 19.2 Å². The first-order valence-electron chi connectivity index (χ1n) is 8.16. The number of anilines is 1. The van der Waals surface area contributed by atoms with Crippen molar-refractivity contribution in [1.29, 1.82) is 0 Å². The lowest BCUT2D eigenvalue weighted by molar-refractivity contribution is -0.385. The number of benzene rings is 2. The molecule has 0 fully saturated rings. The number of carbonyl (C=O) groups is 2. The molecule has 11 heteroatoms. The summed E-state index contributed by atoms with van der Waals surface area (Å²) in [7, 11) is 1.33. The molecule has 1 N–H and O–H groups in total. The standard InChI is InChI=1S/C18H14N4O5S2/c1-27-16(24)12-8-6-11(7-9-12)10-28-18-21-20-17(29-18)19-15(23)13-4-2-3-5-14(13)22(25)26/h2-9H,10H2,1H3,(H,19,20,23). The van der Waals surface area contributed by atoms with Gasteiger partial charge in [0.15, 0.2) is 4.34 Å². The zero-order valence-corrected chi connectivity index (χ0v) is 16.7. The Morgan fingerprint density at radius 1 is 1.17 bits per heavy atom. The number of esters is 1. The molecule has 0 aliphatic heterocycles. The van der Waals surface area contributed by atoms with Gasteiger partial charge in [-0.1, -0.05) is 47.4 Å². The first-order chi connectivity index (χ1) is 14.0. The molecule has 0 aliphatic rings. The van der Waals surface area contributed by atoms with Crippen LogP contribution in [-0.4, -0.2) is 34.1 Å². The van der Waals surface area contributed by atoms with E-state index >= 15 is 0 Å². The highest BCUT2D eigenvalue weighted by atomic mass is 32.2. The Morgan fingerprint density at radius 3 is 2.59 bits per heavy atom. The minimum absolute atomic E-state index is 0.0485. The number of ether oxygens (including phenoxy) is 1. The van der Waals surface area contributed by atoms with Gasteiger partial charge >= 0.3 is 5.97 Å². The van der Waals surface area contributed by atoms with E-state index in [1.54, 1.807) is 18.2 Å². The van der Waals surface area contributed by atoms with Crippen LogP contribution in [0.1, 0.15) is 26.3 Å². The van der Waals surface area contributed by atoms with Crippen molar-refractivity contribution in [3.63, 3.8) is 0 Å². The second-order valence-corrected chi connectivity index (χ2v) is 7.78. The maximum absolute atomic E-state index is 12.3. The Hall–Kier alpha value is -3.31. The lowest BCUT2D eigenvalue weighted by Gasteiger charge is -2.02. The van der Waals surface area contributed by atoms with E-state index in [2.05, 4.69) is 20.3 Å². The largest absolute Gasteiger partial charge is 0.465 e. The molecule has 0 bridgehead atoms. The Bertz CT molecular complexity index is 1050. The molecule has 0 spiro atoms. The fourth-order valence-corrected chi connectivity index (χ4v) is 4.01. The molecular weight excluding hydrogens is 416 g/mol. The molecule has 2 aromatic carbocycles. The number of methoxy groups -OCH3 is 1. The number of carbonyl (C=O) groups excluding carboxylic acids is 2. The number of aromatic nitrogens is 2. The van der Waals surface area contributed by atoms with Crippen LogP contribution < -0.4 is 5.32 Å². The summed E-state index contributed by atoms with van der Waals surface area (Å²) in [6.07, 6.45) is 0. The molecule has 0 atom stereocenters. The van der Waals surface area contributed by atoms with E-state index in [4.69, 9.17) is 0 Å². The van der Waals surface area contributed by atoms with E-state index in [0.717, 1.165) is 5.56 Å². The number of amides is 1. The summed E-state index contributed by atoms with van der Waals surface area (Å²) in [5.74, 6) is -0.426. The van der Waals surface area contributed by atoms with Crippen molar-refractivity contribution in [1.82, 2.24) is 10.2 Å². The van der Waals surface area contributed by atoms with Crippen molar-refractivity contribution in [3.05, 3.63) is 75.3 Å². The van der Waals surface area contributed by atoms with Crippen LogP contribution in [0.15, 0.2) is 52.9 Å². The average molecular weight is 430 g/mol. The maximum Gasteiger partial charge on any atom is 0.337 e. The van der Waals surface area contributed by atoms with Gasteiger partial charge in [-0.3, -0.25) is 20.2 Å². The van der Waals surface area contributed by atoms with Crippen LogP contribution in [-0.2, 0) is 10.5 Å². The Kier molecular flexibility index (Phi) is 6.52. The van der Waals surface area contributed by atoms with Crippen molar-refractivity contribution in [3.8, 4) is 0 Å². The number of hydrogen-bond acceptors (Lipinski definition) is 9. The van der Waals surface area contributed by atoms with Crippen molar-refractivity contribution in [2.45, 2.75) is 10.1 Å². The van der Waals surface area contributed by atoms with E-state index in [-0.39, 0.29) is 16.4 Å². The highest BCUT2D eigenvalue weighted by Gasteiger charge is 2.20. The zero-order chi connectivity index (χ0) is 20.8. The molecule has 0 saturated heterocycles. The first-order valence-corrected chi connectivity index (χ1v) is 9.96. The summed E-state index contributed by atoms with van der Waals surface area (Å²) in [6, 6.07) is 12.7. The molecule has 1 amide bonds. The number of para-hydroxylation sites is 1. The zero-order valence-electron chi connectivity index (χ0n) is 15.0. The monoisotopic (exact) mass is 430 g/mol. The van der Waals surface area contributed by atoms with Crippen LogP contribution >= 0.6 is 23.1 Å². The first kappa shape index (κ1) is 20.4. The van der Waals surface area contributed by atoms with Crippen LogP contribution in [0.4, 0.5) is 10.8 Å². The van der Waals surface area contributed by atoms with Crippen LogP contribution in [0, 0.1) is 10.1 Å². The van der Waals surface area contributed by atoms with Gasteiger partial charge < -0.3 is 4.74 Å². The normalized spacial score (nSPS) is 10.4. The van der Waals surface area contributed by atoms with Crippen molar-refractivity contribution in [2.24, 2.45) is 0 Å². The fourth-order valence-electron chi connectivity index (χ4n) is 2.31. The van der Waals surface area contributed by atoms with Gasteiger partial charge in [0.1, 0.15) is 5.56 Å². The second kappa shape index (κ2) is 9.26. The van der Waals surface area contributed by atoms with Gasteiger partial charge in [0, 0.05) is 11.8 Å². The summed E-state index contributed by atoms with van der Waals surface area (Å²) in [5, 5.41) is 21.7. The molecule has 1 aromatic heterocycles. The van der Waals surface area contributed by atoms with Gasteiger partial charge in [-0.05, 0) is 23.8 Å². The lowest BCUT2D eigenvalue weighted by atomic mass is 10.1. The van der Waals surface area contributed by atoms with Gasteiger partial charge in [-0.2, -0.15) is 0 Å². The van der Waals surface area contributed by atoms with E-state index in [1.807, 2.05) is 12.1 Å². The predicted octanol–water partition coefficient (Wildman–Crippen LogP) is 3.78. The molecule has 3 aromatic rings. The van der Waals surface area contributed by atoms with Gasteiger partial charge in [0.25, 0.3) is 11.6 Å². The number of rotatable bonds is 7. The van der Waals surface area contributed by atoms with E-state index in [9.17, 15) is 19.7 Å². The van der Waals surface area contributed by atoms with Crippen LogP contribution in [0.5, 0.6) is 0 Å². The summed E-state index contributed by atoms with van der Waals surface area (Å²) in [6.45, 7) is 0. The van der Waals surface area contributed by atoms with E-state index < -0.39 is 16.8 Å². The number of thioether (sulfide) groups is 1. The molecule has 1 heterocycles. The number of nitrogens with zero attached hydrogens (tertiary/aromatic N) is 3. The number of nitro benzene ring substituents is 1. The van der Waals surface area contributed by atoms with Crippen LogP contribution in [0.3, 0.4) is 0 Å². The third-order valence-corrected chi connectivity index (χ3v) is 5.75. The maximum atomic E-state index is 12.3. The number of nitro groups is 1. The molecule has 0 unspecified atom stereocenters. The SMILES string of the molecule is COC(=O)c1ccc(CSc2nnc(NC(=O)c3ccccc3[N+](=O)[O-])s2)cc1. The molecule has 148 valence electrons. The Balaban J connectivity index is 1.60. The summed E-state index contributed by atoms with van der Waals surface area (Å²) in [4.78, 5) is 34.2. The highest BCUT2D eigenvalue weighted by molar-refractivity contribution is 8.00. The van der Waals surface area contributed by atoms with E-state index in [0.29, 0.717) is 15.7 Å². The molecule has 9 nitrogen and oxygen atoms in total. The van der Waals surface area contributed by atoms with Crippen LogP contribution in [0.25, 0.3) is 0 Å². The second-order valence-electron chi connectivity index (χ2n) is 5.58. The summed E-state index contributed by atoms with van der Waals surface area (Å²) < 4.78 is 5.28. The highest BCUT2D eigenvalue weighted by Crippen LogP contribution is 2.29. The molecule has 0 aliphatic carbocycles. The topological polar surface area (TPSA) is 124 Å². The van der Waals surface area contributed by atoms with Crippen molar-refractivity contribution >= 4 is 45.8 Å². The number of nitrogens with one attached hydrogen (secondary N) is 1. The summed E-state index contributed by atoms with van der Waals surface area (Å²) in [5.41, 5.74) is 1.12. The third kappa shape index (κ3) is 5.15. The molecule has 0 radical (unpaired) electrons. The van der Waals surface area contributed by atoms with Gasteiger partial charge in [-0.15, -0.1) is 10.2 Å². The third-order valence-electron chi connectivity index (χ3n) is 3.71.